The van der Waals surface area contributed by atoms with E-state index in [-0.39, 0.29) is 24.2 Å². The van der Waals surface area contributed by atoms with Gasteiger partial charge in [-0.1, -0.05) is 36.4 Å². The number of fused-ring (bicyclic) bond motifs is 1. The van der Waals surface area contributed by atoms with Crippen LogP contribution in [0.4, 0.5) is 0 Å². The van der Waals surface area contributed by atoms with E-state index in [1.165, 1.54) is 7.11 Å². The van der Waals surface area contributed by atoms with Crippen molar-refractivity contribution < 1.29 is 29.3 Å². The van der Waals surface area contributed by atoms with Crippen molar-refractivity contribution in [2.75, 3.05) is 13.7 Å². The number of hydrogen-bond donors (Lipinski definition) is 3. The molecule has 0 saturated carbocycles. The summed E-state index contributed by atoms with van der Waals surface area (Å²) in [6, 6.07) is 19.2. The first-order valence-electron chi connectivity index (χ1n) is 10.6. The fraction of sp³-hybridized carbons (Fsp3) is 0.231. The van der Waals surface area contributed by atoms with Crippen LogP contribution in [0.25, 0.3) is 0 Å². The van der Waals surface area contributed by atoms with Crippen LogP contribution < -0.4 is 14.8 Å². The van der Waals surface area contributed by atoms with Crippen LogP contribution in [-0.2, 0) is 24.1 Å². The van der Waals surface area contributed by atoms with Gasteiger partial charge in [-0.05, 0) is 47.0 Å². The van der Waals surface area contributed by atoms with Crippen molar-refractivity contribution in [3.05, 3.63) is 89.0 Å². The number of phenols is 1. The predicted octanol–water partition coefficient (Wildman–Crippen LogP) is 3.37. The zero-order valence-corrected chi connectivity index (χ0v) is 18.2. The molecule has 0 radical (unpaired) electrons. The Labute approximate surface area is 191 Å². The molecule has 0 atom stereocenters. The number of methoxy groups -OCH3 is 1. The normalized spacial score (nSPS) is 13.7. The summed E-state index contributed by atoms with van der Waals surface area (Å²) < 4.78 is 11.2. The van der Waals surface area contributed by atoms with Crippen molar-refractivity contribution in [1.29, 1.82) is 0 Å². The average Bonchev–Trinajstić information content (AvgIpc) is 3.18. The molecule has 4 rings (SSSR count). The number of carboxylic acids is 1. The molecule has 0 spiro atoms. The summed E-state index contributed by atoms with van der Waals surface area (Å²) in [6.07, 6.45) is 1.01. The molecule has 1 aliphatic rings. The molecule has 0 heterocycles. The Morgan fingerprint density at radius 2 is 1.70 bits per heavy atom. The Balaban J connectivity index is 1.49. The monoisotopic (exact) mass is 447 g/mol. The molecule has 0 bridgehead atoms. The molecule has 1 amide bonds. The maximum absolute atomic E-state index is 13.0. The Morgan fingerprint density at radius 3 is 2.33 bits per heavy atom. The Morgan fingerprint density at radius 1 is 0.970 bits per heavy atom. The highest BCUT2D eigenvalue weighted by molar-refractivity contribution is 5.99. The van der Waals surface area contributed by atoms with Gasteiger partial charge in [0.05, 0.1) is 13.7 Å². The maximum Gasteiger partial charge on any atom is 0.330 e. The van der Waals surface area contributed by atoms with Crippen LogP contribution in [0.2, 0.25) is 0 Å². The van der Waals surface area contributed by atoms with Gasteiger partial charge in [0.15, 0.2) is 11.5 Å². The summed E-state index contributed by atoms with van der Waals surface area (Å²) in [7, 11) is 1.51. The van der Waals surface area contributed by atoms with Gasteiger partial charge in [-0.2, -0.15) is 0 Å². The maximum atomic E-state index is 13.0. The van der Waals surface area contributed by atoms with Crippen LogP contribution in [-0.4, -0.2) is 41.3 Å². The van der Waals surface area contributed by atoms with E-state index in [1.807, 2.05) is 30.3 Å². The fourth-order valence-corrected chi connectivity index (χ4v) is 4.12. The number of ether oxygens (including phenoxy) is 2. The van der Waals surface area contributed by atoms with Crippen molar-refractivity contribution in [2.45, 2.75) is 24.8 Å². The molecule has 33 heavy (non-hydrogen) atoms. The number of phenolic OH excluding ortho intramolecular Hbond substituents is 1. The minimum absolute atomic E-state index is 0.185. The largest absolute Gasteiger partial charge is 0.508 e. The summed E-state index contributed by atoms with van der Waals surface area (Å²) in [5.41, 5.74) is 1.64. The Bertz CT molecular complexity index is 1160. The summed E-state index contributed by atoms with van der Waals surface area (Å²) in [6.45, 7) is 0.305. The highest BCUT2D eigenvalue weighted by Crippen LogP contribution is 2.32. The summed E-state index contributed by atoms with van der Waals surface area (Å²) in [4.78, 5) is 25.2. The lowest BCUT2D eigenvalue weighted by molar-refractivity contribution is -0.144. The summed E-state index contributed by atoms with van der Waals surface area (Å²) >= 11 is 0. The van der Waals surface area contributed by atoms with E-state index < -0.39 is 17.4 Å². The number of nitrogens with one attached hydrogen (secondary N) is 1. The molecule has 0 saturated heterocycles. The number of rotatable bonds is 8. The van der Waals surface area contributed by atoms with Gasteiger partial charge in [-0.25, -0.2) is 4.79 Å². The lowest BCUT2D eigenvalue weighted by Gasteiger charge is -2.25. The first-order chi connectivity index (χ1) is 15.9. The molecule has 7 heteroatoms. The van der Waals surface area contributed by atoms with E-state index in [0.717, 1.165) is 16.7 Å². The molecule has 0 fully saturated rings. The van der Waals surface area contributed by atoms with Gasteiger partial charge in [0.1, 0.15) is 11.3 Å². The van der Waals surface area contributed by atoms with Crippen LogP contribution in [0.1, 0.15) is 27.0 Å². The molecule has 3 aromatic rings. The minimum atomic E-state index is -1.39. The SMILES string of the molecule is COc1ccc(C(=O)NC2(C(=O)O)Cc3ccccc3C2)cc1OCCc1cccc(O)c1. The molecule has 0 aromatic heterocycles. The van der Waals surface area contributed by atoms with Gasteiger partial charge in [0.25, 0.3) is 5.91 Å². The third-order valence-electron chi connectivity index (χ3n) is 5.85. The number of aromatic hydroxyl groups is 1. The van der Waals surface area contributed by atoms with E-state index in [1.54, 1.807) is 36.4 Å². The Hall–Kier alpha value is -4.00. The number of amides is 1. The van der Waals surface area contributed by atoms with Crippen LogP contribution in [0.15, 0.2) is 66.7 Å². The number of benzene rings is 3. The standard InChI is InChI=1S/C26H25NO6/c1-32-22-10-9-18(14-23(22)33-12-11-17-5-4-8-21(28)13-17)24(29)27-26(25(30)31)15-19-6-2-3-7-20(19)16-26/h2-10,13-14,28H,11-12,15-16H2,1H3,(H,27,29)(H,30,31). The van der Waals surface area contributed by atoms with Crippen LogP contribution in [0.5, 0.6) is 17.2 Å². The number of aliphatic carboxylic acids is 1. The molecule has 1 aliphatic carbocycles. The van der Waals surface area contributed by atoms with Gasteiger partial charge < -0.3 is 25.0 Å². The predicted molar refractivity (Wildman–Crippen MR) is 122 cm³/mol. The van der Waals surface area contributed by atoms with Gasteiger partial charge in [-0.3, -0.25) is 4.79 Å². The Kier molecular flexibility index (Phi) is 6.22. The second-order valence-electron chi connectivity index (χ2n) is 8.10. The van der Waals surface area contributed by atoms with E-state index in [2.05, 4.69) is 5.32 Å². The number of hydrogen-bond acceptors (Lipinski definition) is 5. The first-order valence-corrected chi connectivity index (χ1v) is 10.6. The lowest BCUT2D eigenvalue weighted by Crippen LogP contribution is -2.55. The van der Waals surface area contributed by atoms with Crippen LogP contribution in [0.3, 0.4) is 0 Å². The highest BCUT2D eigenvalue weighted by Gasteiger charge is 2.45. The van der Waals surface area contributed by atoms with Crippen molar-refractivity contribution in [3.63, 3.8) is 0 Å². The van der Waals surface area contributed by atoms with Crippen molar-refractivity contribution >= 4 is 11.9 Å². The van der Waals surface area contributed by atoms with Crippen LogP contribution >= 0.6 is 0 Å². The fourth-order valence-electron chi connectivity index (χ4n) is 4.12. The van der Waals surface area contributed by atoms with E-state index in [0.29, 0.717) is 24.5 Å². The molecule has 0 unspecified atom stereocenters. The number of carbonyl (C=O) groups is 2. The van der Waals surface area contributed by atoms with Crippen molar-refractivity contribution in [3.8, 4) is 17.2 Å². The van der Waals surface area contributed by atoms with Gasteiger partial charge in [0, 0.05) is 24.8 Å². The zero-order chi connectivity index (χ0) is 23.4. The lowest BCUT2D eigenvalue weighted by atomic mass is 9.95. The average molecular weight is 447 g/mol. The van der Waals surface area contributed by atoms with Crippen LogP contribution in [0, 0.1) is 0 Å². The molecule has 7 nitrogen and oxygen atoms in total. The summed E-state index contributed by atoms with van der Waals surface area (Å²) in [5.74, 6) is -0.535. The van der Waals surface area contributed by atoms with E-state index in [9.17, 15) is 19.8 Å². The first kappa shape index (κ1) is 22.2. The van der Waals surface area contributed by atoms with Gasteiger partial charge in [0.2, 0.25) is 0 Å². The third-order valence-corrected chi connectivity index (χ3v) is 5.85. The molecular formula is C26H25NO6. The highest BCUT2D eigenvalue weighted by atomic mass is 16.5. The van der Waals surface area contributed by atoms with E-state index >= 15 is 0 Å². The second-order valence-corrected chi connectivity index (χ2v) is 8.10. The molecule has 3 N–H and O–H groups in total. The number of carbonyl (C=O) groups excluding carboxylic acids is 1. The topological polar surface area (TPSA) is 105 Å². The van der Waals surface area contributed by atoms with Gasteiger partial charge in [-0.15, -0.1) is 0 Å². The molecular weight excluding hydrogens is 422 g/mol. The second kappa shape index (κ2) is 9.24. The van der Waals surface area contributed by atoms with Crippen molar-refractivity contribution in [2.24, 2.45) is 0 Å². The van der Waals surface area contributed by atoms with E-state index in [4.69, 9.17) is 9.47 Å². The third kappa shape index (κ3) is 4.77. The minimum Gasteiger partial charge on any atom is -0.508 e. The quantitative estimate of drug-likeness (QED) is 0.489. The molecule has 170 valence electrons. The zero-order valence-electron chi connectivity index (χ0n) is 18.2. The number of carboxylic acid groups (broad SMARTS) is 1. The smallest absolute Gasteiger partial charge is 0.330 e. The molecule has 0 aliphatic heterocycles. The van der Waals surface area contributed by atoms with Crippen molar-refractivity contribution in [1.82, 2.24) is 5.32 Å². The summed E-state index contributed by atoms with van der Waals surface area (Å²) in [5, 5.41) is 22.3. The van der Waals surface area contributed by atoms with Gasteiger partial charge >= 0.3 is 5.97 Å². The molecule has 3 aromatic carbocycles.